The Hall–Kier alpha value is -4.04. The molecule has 7 nitrogen and oxygen atoms in total. The first-order chi connectivity index (χ1) is 16.1. The van der Waals surface area contributed by atoms with Crippen LogP contribution in [0.5, 0.6) is 23.0 Å². The van der Waals surface area contributed by atoms with E-state index in [9.17, 15) is 9.59 Å². The van der Waals surface area contributed by atoms with E-state index in [4.69, 9.17) is 14.2 Å². The highest BCUT2D eigenvalue weighted by Crippen LogP contribution is 2.37. The topological polar surface area (TPSA) is 85.9 Å². The number of imide groups is 1. The summed E-state index contributed by atoms with van der Waals surface area (Å²) in [5.74, 6) is 2.14. The average molecular weight is 463 g/mol. The van der Waals surface area contributed by atoms with Crippen molar-refractivity contribution in [1.29, 1.82) is 0 Å². The second kappa shape index (κ2) is 10.1. The van der Waals surface area contributed by atoms with E-state index < -0.39 is 6.03 Å². The van der Waals surface area contributed by atoms with Crippen LogP contribution in [0.2, 0.25) is 0 Å². The fraction of sp³-hybridized carbons (Fsp3) is 0.120. The van der Waals surface area contributed by atoms with Crippen molar-refractivity contribution in [1.82, 2.24) is 5.32 Å². The Morgan fingerprint density at radius 3 is 2.36 bits per heavy atom. The molecule has 168 valence electrons. The van der Waals surface area contributed by atoms with Gasteiger partial charge in [-0.1, -0.05) is 12.1 Å². The van der Waals surface area contributed by atoms with Gasteiger partial charge in [0.05, 0.1) is 20.6 Å². The van der Waals surface area contributed by atoms with E-state index in [1.807, 2.05) is 47.2 Å². The van der Waals surface area contributed by atoms with Crippen LogP contribution in [-0.4, -0.2) is 26.2 Å². The van der Waals surface area contributed by atoms with E-state index in [0.717, 1.165) is 16.3 Å². The molecule has 4 aromatic rings. The van der Waals surface area contributed by atoms with Gasteiger partial charge in [-0.15, -0.1) is 0 Å². The minimum atomic E-state index is -0.584. The van der Waals surface area contributed by atoms with Crippen LogP contribution in [0.15, 0.2) is 71.4 Å². The third kappa shape index (κ3) is 5.42. The van der Waals surface area contributed by atoms with Gasteiger partial charge in [-0.05, 0) is 70.2 Å². The first kappa shape index (κ1) is 22.2. The zero-order valence-electron chi connectivity index (χ0n) is 18.1. The zero-order chi connectivity index (χ0) is 23.2. The molecular weight excluding hydrogens is 440 g/mol. The van der Waals surface area contributed by atoms with Gasteiger partial charge in [0.25, 0.3) is 0 Å². The number of thiophene rings is 1. The number of carbonyl (C=O) groups excluding carboxylic acids is 2. The van der Waals surface area contributed by atoms with E-state index in [0.29, 0.717) is 28.7 Å². The Balaban J connectivity index is 1.42. The third-order valence-corrected chi connectivity index (χ3v) is 5.61. The van der Waals surface area contributed by atoms with Crippen LogP contribution in [0.3, 0.4) is 0 Å². The largest absolute Gasteiger partial charge is 0.493 e. The number of amides is 3. The maximum Gasteiger partial charge on any atom is 0.325 e. The van der Waals surface area contributed by atoms with Crippen molar-refractivity contribution >= 4 is 39.7 Å². The summed E-state index contributed by atoms with van der Waals surface area (Å²) in [6.07, 6.45) is 0.158. The van der Waals surface area contributed by atoms with Gasteiger partial charge < -0.3 is 19.5 Å². The van der Waals surface area contributed by atoms with Crippen LogP contribution in [0, 0.1) is 0 Å². The molecule has 1 heterocycles. The lowest BCUT2D eigenvalue weighted by molar-refractivity contribution is -0.119. The number of nitrogens with one attached hydrogen (secondary N) is 2. The molecule has 0 aliphatic carbocycles. The number of benzene rings is 3. The summed E-state index contributed by atoms with van der Waals surface area (Å²) >= 11 is 1.50. The number of methoxy groups -OCH3 is 2. The molecule has 0 radical (unpaired) electrons. The summed E-state index contributed by atoms with van der Waals surface area (Å²) < 4.78 is 16.8. The summed E-state index contributed by atoms with van der Waals surface area (Å²) in [5.41, 5.74) is 1.41. The minimum absolute atomic E-state index is 0.158. The first-order valence-electron chi connectivity index (χ1n) is 10.1. The Labute approximate surface area is 194 Å². The molecule has 0 saturated heterocycles. The number of hydrogen-bond donors (Lipinski definition) is 2. The van der Waals surface area contributed by atoms with Gasteiger partial charge in [0.1, 0.15) is 11.5 Å². The van der Waals surface area contributed by atoms with Crippen molar-refractivity contribution in [3.8, 4) is 23.0 Å². The molecule has 0 bridgehead atoms. The molecule has 0 unspecified atom stereocenters. The van der Waals surface area contributed by atoms with E-state index >= 15 is 0 Å². The molecule has 0 fully saturated rings. The van der Waals surface area contributed by atoms with Crippen LogP contribution in [0.25, 0.3) is 10.8 Å². The number of hydrogen-bond acceptors (Lipinski definition) is 6. The molecule has 8 heteroatoms. The Bertz CT molecular complexity index is 1270. The summed E-state index contributed by atoms with van der Waals surface area (Å²) in [6, 6.07) is 17.6. The van der Waals surface area contributed by atoms with Gasteiger partial charge in [-0.2, -0.15) is 11.3 Å². The predicted octanol–water partition coefficient (Wildman–Crippen LogP) is 5.60. The van der Waals surface area contributed by atoms with Gasteiger partial charge in [-0.3, -0.25) is 10.1 Å². The lowest BCUT2D eigenvalue weighted by Gasteiger charge is -2.13. The van der Waals surface area contributed by atoms with E-state index in [2.05, 4.69) is 10.6 Å². The van der Waals surface area contributed by atoms with Crippen LogP contribution in [0.1, 0.15) is 5.56 Å². The monoisotopic (exact) mass is 462 g/mol. The smallest absolute Gasteiger partial charge is 0.325 e. The molecule has 0 atom stereocenters. The molecule has 1 aromatic heterocycles. The highest BCUT2D eigenvalue weighted by molar-refractivity contribution is 7.08. The summed E-state index contributed by atoms with van der Waals surface area (Å²) in [7, 11) is 3.18. The molecule has 0 aliphatic rings. The Morgan fingerprint density at radius 2 is 1.67 bits per heavy atom. The van der Waals surface area contributed by atoms with Gasteiger partial charge in [-0.25, -0.2) is 4.79 Å². The molecule has 3 amide bonds. The Kier molecular flexibility index (Phi) is 6.75. The van der Waals surface area contributed by atoms with E-state index in [1.165, 1.54) is 11.3 Å². The second-order valence-corrected chi connectivity index (χ2v) is 7.90. The number of urea groups is 1. The number of rotatable bonds is 7. The lowest BCUT2D eigenvalue weighted by Crippen LogP contribution is -2.35. The maximum absolute atomic E-state index is 12.1. The van der Waals surface area contributed by atoms with Gasteiger partial charge in [0.2, 0.25) is 5.91 Å². The van der Waals surface area contributed by atoms with Crippen molar-refractivity contribution in [2.75, 3.05) is 19.5 Å². The molecule has 0 aliphatic heterocycles. The Morgan fingerprint density at radius 1 is 0.909 bits per heavy atom. The van der Waals surface area contributed by atoms with Crippen molar-refractivity contribution in [3.05, 3.63) is 77.0 Å². The quantitative estimate of drug-likeness (QED) is 0.373. The van der Waals surface area contributed by atoms with Crippen LogP contribution < -0.4 is 24.8 Å². The lowest BCUT2D eigenvalue weighted by atomic mass is 10.1. The molecule has 2 N–H and O–H groups in total. The predicted molar refractivity (Wildman–Crippen MR) is 129 cm³/mol. The zero-order valence-corrected chi connectivity index (χ0v) is 18.9. The molecule has 4 rings (SSSR count). The van der Waals surface area contributed by atoms with Gasteiger partial charge in [0.15, 0.2) is 11.5 Å². The summed E-state index contributed by atoms with van der Waals surface area (Å²) in [6.45, 7) is 0. The summed E-state index contributed by atoms with van der Waals surface area (Å²) in [4.78, 5) is 24.1. The molecule has 3 aromatic carbocycles. The molecule has 0 saturated carbocycles. The minimum Gasteiger partial charge on any atom is -0.493 e. The SMILES string of the molecule is COc1cc2cccc(Oc3ccc(NC(=O)NC(=O)Cc4ccsc4)cc3)c2cc1OC. The fourth-order valence-electron chi connectivity index (χ4n) is 3.31. The van der Waals surface area contributed by atoms with Gasteiger partial charge in [0, 0.05) is 11.1 Å². The van der Waals surface area contributed by atoms with Crippen molar-refractivity contribution in [3.63, 3.8) is 0 Å². The van der Waals surface area contributed by atoms with Crippen molar-refractivity contribution in [2.24, 2.45) is 0 Å². The number of fused-ring (bicyclic) bond motifs is 1. The molecule has 0 spiro atoms. The number of carbonyl (C=O) groups is 2. The molecular formula is C25H22N2O5S. The van der Waals surface area contributed by atoms with Crippen LogP contribution in [0.4, 0.5) is 10.5 Å². The first-order valence-corrected chi connectivity index (χ1v) is 11.0. The average Bonchev–Trinajstić information content (AvgIpc) is 3.32. The number of ether oxygens (including phenoxy) is 3. The van der Waals surface area contributed by atoms with Crippen LogP contribution >= 0.6 is 11.3 Å². The summed E-state index contributed by atoms with van der Waals surface area (Å²) in [5, 5.41) is 10.6. The molecule has 33 heavy (non-hydrogen) atoms. The fourth-order valence-corrected chi connectivity index (χ4v) is 3.98. The van der Waals surface area contributed by atoms with E-state index in [-0.39, 0.29) is 12.3 Å². The second-order valence-electron chi connectivity index (χ2n) is 7.12. The van der Waals surface area contributed by atoms with Crippen molar-refractivity contribution < 1.29 is 23.8 Å². The number of anilines is 1. The normalized spacial score (nSPS) is 10.5. The highest BCUT2D eigenvalue weighted by atomic mass is 32.1. The highest BCUT2D eigenvalue weighted by Gasteiger charge is 2.12. The van der Waals surface area contributed by atoms with Crippen LogP contribution in [-0.2, 0) is 11.2 Å². The standard InChI is InChI=1S/C25H22N2O5S/c1-30-22-13-17-4-3-5-21(20(17)14-23(22)31-2)32-19-8-6-18(7-9-19)26-25(29)27-24(28)12-16-10-11-33-15-16/h3-11,13-15H,12H2,1-2H3,(H2,26,27,28,29). The third-order valence-electron chi connectivity index (χ3n) is 4.88. The van der Waals surface area contributed by atoms with Gasteiger partial charge >= 0.3 is 6.03 Å². The van der Waals surface area contributed by atoms with E-state index in [1.54, 1.807) is 38.5 Å². The maximum atomic E-state index is 12.1. The van der Waals surface area contributed by atoms with Crippen molar-refractivity contribution in [2.45, 2.75) is 6.42 Å².